The predicted molar refractivity (Wildman–Crippen MR) is 175 cm³/mol. The lowest BCUT2D eigenvalue weighted by Gasteiger charge is -2.29. The van der Waals surface area contributed by atoms with Crippen LogP contribution in [0.3, 0.4) is 0 Å². The van der Waals surface area contributed by atoms with Gasteiger partial charge in [-0.25, -0.2) is 9.59 Å². The van der Waals surface area contributed by atoms with Crippen LogP contribution in [0, 0.1) is 23.7 Å². The normalized spacial score (nSPS) is 11.1. The zero-order valence-electron chi connectivity index (χ0n) is 25.0. The van der Waals surface area contributed by atoms with Gasteiger partial charge in [0.05, 0.1) is 24.8 Å². The molecule has 0 fully saturated rings. The number of nitriles is 1. The molecule has 0 aliphatic carbocycles. The number of ether oxygens (including phenoxy) is 3. The minimum absolute atomic E-state index is 0.105. The van der Waals surface area contributed by atoms with Gasteiger partial charge in [-0.15, -0.1) is 0 Å². The first-order chi connectivity index (χ1) is 21.7. The van der Waals surface area contributed by atoms with Crippen LogP contribution in [-0.2, 0) is 22.4 Å². The third-order valence-corrected chi connectivity index (χ3v) is 6.93. The van der Waals surface area contributed by atoms with Crippen molar-refractivity contribution >= 4 is 29.4 Å². The van der Waals surface area contributed by atoms with Gasteiger partial charge in [0.1, 0.15) is 11.5 Å². The van der Waals surface area contributed by atoms with Gasteiger partial charge in [-0.1, -0.05) is 36.4 Å². The number of carbonyl (C=O) groups excluding carboxylic acids is 2. The minimum Gasteiger partial charge on any atom is -0.494 e. The van der Waals surface area contributed by atoms with E-state index in [9.17, 15) is 9.59 Å². The summed E-state index contributed by atoms with van der Waals surface area (Å²) in [7, 11) is 0. The lowest BCUT2D eigenvalue weighted by molar-refractivity contribution is -0.140. The lowest BCUT2D eigenvalue weighted by Crippen LogP contribution is -2.30. The van der Waals surface area contributed by atoms with Gasteiger partial charge >= 0.3 is 11.9 Å². The van der Waals surface area contributed by atoms with E-state index in [0.29, 0.717) is 60.7 Å². The van der Waals surface area contributed by atoms with Crippen LogP contribution in [0.15, 0.2) is 103 Å². The Morgan fingerprint density at radius 2 is 1.36 bits per heavy atom. The Bertz CT molecular complexity index is 1570. The van der Waals surface area contributed by atoms with Crippen molar-refractivity contribution < 1.29 is 23.8 Å². The molecule has 0 amide bonds. The molecule has 0 atom stereocenters. The van der Waals surface area contributed by atoms with E-state index in [-0.39, 0.29) is 6.61 Å². The van der Waals surface area contributed by atoms with Crippen LogP contribution in [0.1, 0.15) is 39.9 Å². The molecule has 0 aliphatic heterocycles. The summed E-state index contributed by atoms with van der Waals surface area (Å²) >= 11 is 0. The van der Waals surface area contributed by atoms with Crippen LogP contribution in [0.4, 0.5) is 11.4 Å². The van der Waals surface area contributed by atoms with E-state index in [1.165, 1.54) is 6.08 Å². The number of esters is 2. The summed E-state index contributed by atoms with van der Waals surface area (Å²) < 4.78 is 16.7. The zero-order chi connectivity index (χ0) is 32.1. The van der Waals surface area contributed by atoms with E-state index in [4.69, 9.17) is 30.9 Å². The number of nitrogen functional groups attached to an aromatic ring is 2. The Hall–Kier alpha value is -5.55. The lowest BCUT2D eigenvalue weighted by atomic mass is 9.79. The van der Waals surface area contributed by atoms with Gasteiger partial charge in [-0.05, 0) is 110 Å². The SMILES string of the molecule is [CH2]C(COC(=O)/C=C/c1ccc(OC(=O)c2ccc(OCCCC#N)cc2)cc1)(Cc1ccc(N)cc1)Cc1ccc(N)cc1. The number of benzene rings is 4. The fourth-order valence-electron chi connectivity index (χ4n) is 4.58. The molecule has 45 heavy (non-hydrogen) atoms. The first kappa shape index (κ1) is 32.4. The van der Waals surface area contributed by atoms with Gasteiger partial charge in [-0.3, -0.25) is 0 Å². The number of nitrogens with two attached hydrogens (primary N) is 2. The molecule has 8 heteroatoms. The Kier molecular flexibility index (Phi) is 11.4. The van der Waals surface area contributed by atoms with Crippen LogP contribution >= 0.6 is 0 Å². The molecule has 0 aliphatic rings. The van der Waals surface area contributed by atoms with Crippen LogP contribution in [-0.4, -0.2) is 25.2 Å². The number of hydrogen-bond donors (Lipinski definition) is 2. The monoisotopic (exact) mass is 602 g/mol. The van der Waals surface area contributed by atoms with E-state index in [1.54, 1.807) is 54.6 Å². The molecule has 1 radical (unpaired) electrons. The van der Waals surface area contributed by atoms with Gasteiger partial charge < -0.3 is 25.7 Å². The molecule has 8 nitrogen and oxygen atoms in total. The summed E-state index contributed by atoms with van der Waals surface area (Å²) in [4.78, 5) is 25.2. The van der Waals surface area contributed by atoms with E-state index in [1.807, 2.05) is 48.5 Å². The second kappa shape index (κ2) is 15.8. The average Bonchev–Trinajstić information content (AvgIpc) is 3.04. The highest BCUT2D eigenvalue weighted by Gasteiger charge is 2.27. The van der Waals surface area contributed by atoms with Gasteiger partial charge in [0.15, 0.2) is 0 Å². The van der Waals surface area contributed by atoms with Crippen molar-refractivity contribution in [3.8, 4) is 17.6 Å². The highest BCUT2D eigenvalue weighted by Crippen LogP contribution is 2.29. The molecule has 0 saturated carbocycles. The summed E-state index contributed by atoms with van der Waals surface area (Å²) in [6, 6.07) is 30.6. The van der Waals surface area contributed by atoms with Crippen LogP contribution in [0.2, 0.25) is 0 Å². The molecule has 4 N–H and O–H groups in total. The fraction of sp³-hybridized carbons (Fsp3) is 0.189. The molecule has 4 aromatic carbocycles. The number of carbonyl (C=O) groups is 2. The van der Waals surface area contributed by atoms with E-state index in [0.717, 1.165) is 16.7 Å². The molecule has 4 aromatic rings. The van der Waals surface area contributed by atoms with Crippen molar-refractivity contribution in [1.29, 1.82) is 5.26 Å². The molecule has 0 saturated heterocycles. The Morgan fingerprint density at radius 3 is 1.91 bits per heavy atom. The number of unbranched alkanes of at least 4 members (excludes halogenated alkanes) is 1. The summed E-state index contributed by atoms with van der Waals surface area (Å²) in [6.45, 7) is 4.99. The largest absolute Gasteiger partial charge is 0.494 e. The average molecular weight is 603 g/mol. The number of hydrogen-bond acceptors (Lipinski definition) is 8. The van der Waals surface area contributed by atoms with Crippen molar-refractivity contribution in [2.75, 3.05) is 24.7 Å². The third kappa shape index (κ3) is 10.6. The molecule has 229 valence electrons. The van der Waals surface area contributed by atoms with Gasteiger partial charge in [0.25, 0.3) is 0 Å². The number of rotatable bonds is 14. The second-order valence-corrected chi connectivity index (χ2v) is 10.9. The molecule has 0 bridgehead atoms. The van der Waals surface area contributed by atoms with Crippen LogP contribution in [0.25, 0.3) is 6.08 Å². The van der Waals surface area contributed by atoms with Gasteiger partial charge in [0.2, 0.25) is 0 Å². The van der Waals surface area contributed by atoms with Crippen molar-refractivity contribution in [2.24, 2.45) is 5.41 Å². The number of anilines is 2. The summed E-state index contributed by atoms with van der Waals surface area (Å²) in [5.74, 6) is -0.0227. The predicted octanol–water partition coefficient (Wildman–Crippen LogP) is 6.62. The molecule has 0 aromatic heterocycles. The topological polar surface area (TPSA) is 138 Å². The van der Waals surface area contributed by atoms with Gasteiger partial charge in [0, 0.05) is 29.3 Å². The summed E-state index contributed by atoms with van der Waals surface area (Å²) in [5, 5.41) is 8.59. The Labute approximate surface area is 263 Å². The Balaban J connectivity index is 1.30. The molecule has 0 heterocycles. The van der Waals surface area contributed by atoms with Crippen LogP contribution in [0.5, 0.6) is 11.5 Å². The van der Waals surface area contributed by atoms with E-state index >= 15 is 0 Å². The van der Waals surface area contributed by atoms with Crippen molar-refractivity contribution in [3.05, 3.63) is 132 Å². The third-order valence-electron chi connectivity index (χ3n) is 6.93. The second-order valence-electron chi connectivity index (χ2n) is 10.9. The van der Waals surface area contributed by atoms with Crippen molar-refractivity contribution in [2.45, 2.75) is 25.7 Å². The molecular formula is C37H36N3O5. The van der Waals surface area contributed by atoms with E-state index in [2.05, 4.69) is 13.0 Å². The highest BCUT2D eigenvalue weighted by molar-refractivity contribution is 5.91. The maximum Gasteiger partial charge on any atom is 0.343 e. The molecular weight excluding hydrogens is 566 g/mol. The smallest absolute Gasteiger partial charge is 0.343 e. The van der Waals surface area contributed by atoms with Crippen molar-refractivity contribution in [3.63, 3.8) is 0 Å². The first-order valence-corrected chi connectivity index (χ1v) is 14.5. The van der Waals surface area contributed by atoms with Gasteiger partial charge in [-0.2, -0.15) is 5.26 Å². The number of nitrogens with zero attached hydrogens (tertiary/aromatic N) is 1. The molecule has 0 unspecified atom stereocenters. The maximum atomic E-state index is 12.7. The Morgan fingerprint density at radius 1 is 0.800 bits per heavy atom. The highest BCUT2D eigenvalue weighted by atomic mass is 16.5. The fourth-order valence-corrected chi connectivity index (χ4v) is 4.58. The van der Waals surface area contributed by atoms with E-state index < -0.39 is 17.4 Å². The standard InChI is InChI=1S/C37H36N3O5/c1-37(24-28-4-13-31(39)14-5-28,25-29-6-15-32(40)16-7-29)26-44-35(41)21-10-27-8-17-34(18-9-27)45-36(42)30-11-19-33(20-12-30)43-23-3-2-22-38/h4-21H,1-3,23-26,39-40H2/b21-10+. The van der Waals surface area contributed by atoms with Crippen LogP contribution < -0.4 is 20.9 Å². The quantitative estimate of drug-likeness (QED) is 0.0540. The minimum atomic E-state index is -0.618. The van der Waals surface area contributed by atoms with Crippen molar-refractivity contribution in [1.82, 2.24) is 0 Å². The molecule has 4 rings (SSSR count). The maximum absolute atomic E-state index is 12.7. The molecule has 0 spiro atoms. The summed E-state index contributed by atoms with van der Waals surface area (Å²) in [5.41, 5.74) is 15.6. The summed E-state index contributed by atoms with van der Waals surface area (Å²) in [6.07, 6.45) is 5.22. The zero-order valence-corrected chi connectivity index (χ0v) is 25.0. The first-order valence-electron chi connectivity index (χ1n) is 14.5.